The third-order valence-corrected chi connectivity index (χ3v) is 4.42. The van der Waals surface area contributed by atoms with E-state index in [0.29, 0.717) is 5.69 Å². The summed E-state index contributed by atoms with van der Waals surface area (Å²) < 4.78 is 31.0. The van der Waals surface area contributed by atoms with E-state index in [1.165, 1.54) is 0 Å². The van der Waals surface area contributed by atoms with Crippen molar-refractivity contribution >= 4 is 21.4 Å². The molecule has 21 heavy (non-hydrogen) atoms. The van der Waals surface area contributed by atoms with Crippen LogP contribution in [0.15, 0.2) is 40.8 Å². The molecule has 0 aliphatic heterocycles. The average Bonchev–Trinajstić information content (AvgIpc) is 2.87. The van der Waals surface area contributed by atoms with E-state index in [-0.39, 0.29) is 11.8 Å². The molecule has 0 amide bonds. The van der Waals surface area contributed by atoms with Crippen molar-refractivity contribution in [3.05, 3.63) is 47.9 Å². The van der Waals surface area contributed by atoms with Gasteiger partial charge in [-0.05, 0) is 57.2 Å². The largest absolute Gasteiger partial charge is 0.464 e. The Bertz CT molecular complexity index is 690. The van der Waals surface area contributed by atoms with E-state index in [9.17, 15) is 8.42 Å². The lowest BCUT2D eigenvalue weighted by Crippen LogP contribution is -2.14. The second kappa shape index (κ2) is 6.22. The maximum Gasteiger partial charge on any atom is 0.232 e. The van der Waals surface area contributed by atoms with Crippen LogP contribution in [0.4, 0.5) is 11.4 Å². The quantitative estimate of drug-likeness (QED) is 0.856. The van der Waals surface area contributed by atoms with E-state index in [4.69, 9.17) is 4.42 Å². The number of rotatable bonds is 6. The van der Waals surface area contributed by atoms with Crippen molar-refractivity contribution in [1.29, 1.82) is 0 Å². The zero-order chi connectivity index (χ0) is 15.5. The van der Waals surface area contributed by atoms with Crippen LogP contribution >= 0.6 is 0 Å². The summed E-state index contributed by atoms with van der Waals surface area (Å²) in [5.41, 5.74) is 1.46. The van der Waals surface area contributed by atoms with Crippen LogP contribution in [0.25, 0.3) is 0 Å². The van der Waals surface area contributed by atoms with Crippen LogP contribution in [-0.2, 0) is 10.0 Å². The molecule has 2 N–H and O–H groups in total. The predicted molar refractivity (Wildman–Crippen MR) is 85.0 cm³/mol. The van der Waals surface area contributed by atoms with Crippen molar-refractivity contribution in [3.63, 3.8) is 0 Å². The third-order valence-electron chi connectivity index (χ3n) is 3.11. The molecule has 1 heterocycles. The van der Waals surface area contributed by atoms with Crippen LogP contribution in [0, 0.1) is 6.92 Å². The Kier molecular flexibility index (Phi) is 4.57. The van der Waals surface area contributed by atoms with Gasteiger partial charge >= 0.3 is 0 Å². The summed E-state index contributed by atoms with van der Waals surface area (Å²) in [6, 6.07) is 11.0. The van der Waals surface area contributed by atoms with Gasteiger partial charge in [0.05, 0.1) is 11.8 Å². The summed E-state index contributed by atoms with van der Waals surface area (Å²) >= 11 is 0. The standard InChI is InChI=1S/C15H20N2O3S/c1-4-21(18,19)17-14-8-6-13(7-9-14)16-12(3)15-10-5-11(2)20-15/h5-10,12,16-17H,4H2,1-3H3. The fraction of sp³-hybridized carbons (Fsp3) is 0.333. The summed E-state index contributed by atoms with van der Waals surface area (Å²) in [6.07, 6.45) is 0. The number of sulfonamides is 1. The van der Waals surface area contributed by atoms with E-state index in [1.54, 1.807) is 19.1 Å². The van der Waals surface area contributed by atoms with Crippen molar-refractivity contribution in [2.45, 2.75) is 26.8 Å². The SMILES string of the molecule is CCS(=O)(=O)Nc1ccc(NC(C)c2ccc(C)o2)cc1. The minimum atomic E-state index is -3.23. The number of furan rings is 1. The zero-order valence-electron chi connectivity index (χ0n) is 12.4. The number of anilines is 2. The Labute approximate surface area is 125 Å². The molecular weight excluding hydrogens is 288 g/mol. The molecule has 0 saturated carbocycles. The van der Waals surface area contributed by atoms with Gasteiger partial charge in [0.2, 0.25) is 10.0 Å². The first-order valence-electron chi connectivity index (χ1n) is 6.83. The monoisotopic (exact) mass is 308 g/mol. The van der Waals surface area contributed by atoms with Gasteiger partial charge in [0, 0.05) is 11.4 Å². The molecule has 5 nitrogen and oxygen atoms in total. The second-order valence-electron chi connectivity index (χ2n) is 4.90. The first-order chi connectivity index (χ1) is 9.89. The van der Waals surface area contributed by atoms with E-state index in [1.807, 2.05) is 38.1 Å². The van der Waals surface area contributed by atoms with Gasteiger partial charge in [0.1, 0.15) is 11.5 Å². The second-order valence-corrected chi connectivity index (χ2v) is 6.91. The van der Waals surface area contributed by atoms with E-state index >= 15 is 0 Å². The normalized spacial score (nSPS) is 12.9. The van der Waals surface area contributed by atoms with Crippen LogP contribution in [0.1, 0.15) is 31.4 Å². The number of nitrogens with one attached hydrogen (secondary N) is 2. The number of aryl methyl sites for hydroxylation is 1. The Hall–Kier alpha value is -1.95. The van der Waals surface area contributed by atoms with E-state index in [2.05, 4.69) is 10.0 Å². The van der Waals surface area contributed by atoms with Gasteiger partial charge in [0.15, 0.2) is 0 Å². The van der Waals surface area contributed by atoms with E-state index < -0.39 is 10.0 Å². The molecule has 1 atom stereocenters. The molecule has 0 aliphatic rings. The van der Waals surface area contributed by atoms with Crippen LogP contribution in [-0.4, -0.2) is 14.2 Å². The first kappa shape index (κ1) is 15.4. The summed E-state index contributed by atoms with van der Waals surface area (Å²) in [5.74, 6) is 1.80. The van der Waals surface area contributed by atoms with Gasteiger partial charge in [-0.25, -0.2) is 8.42 Å². The highest BCUT2D eigenvalue weighted by Gasteiger charge is 2.10. The highest BCUT2D eigenvalue weighted by molar-refractivity contribution is 7.92. The van der Waals surface area contributed by atoms with Gasteiger partial charge in [-0.15, -0.1) is 0 Å². The molecule has 0 aliphatic carbocycles. The molecule has 2 rings (SSSR count). The molecule has 0 saturated heterocycles. The molecule has 0 bridgehead atoms. The molecule has 2 aromatic rings. The van der Waals surface area contributed by atoms with Crippen molar-refractivity contribution in [1.82, 2.24) is 0 Å². The highest BCUT2D eigenvalue weighted by atomic mass is 32.2. The van der Waals surface area contributed by atoms with E-state index in [0.717, 1.165) is 17.2 Å². The van der Waals surface area contributed by atoms with Gasteiger partial charge < -0.3 is 9.73 Å². The maximum absolute atomic E-state index is 11.5. The summed E-state index contributed by atoms with van der Waals surface area (Å²) in [4.78, 5) is 0. The Balaban J connectivity index is 2.02. The molecule has 1 unspecified atom stereocenters. The smallest absolute Gasteiger partial charge is 0.232 e. The molecule has 0 spiro atoms. The van der Waals surface area contributed by atoms with Crippen LogP contribution in [0.3, 0.4) is 0 Å². The molecule has 114 valence electrons. The number of benzene rings is 1. The van der Waals surface area contributed by atoms with Gasteiger partial charge in [-0.3, -0.25) is 4.72 Å². The van der Waals surface area contributed by atoms with Crippen molar-refractivity contribution in [3.8, 4) is 0 Å². The molecule has 0 fully saturated rings. The topological polar surface area (TPSA) is 71.3 Å². The number of hydrogen-bond donors (Lipinski definition) is 2. The molecule has 0 radical (unpaired) electrons. The lowest BCUT2D eigenvalue weighted by atomic mass is 10.2. The average molecular weight is 308 g/mol. The lowest BCUT2D eigenvalue weighted by Gasteiger charge is -2.13. The fourth-order valence-electron chi connectivity index (χ4n) is 1.89. The minimum Gasteiger partial charge on any atom is -0.464 e. The van der Waals surface area contributed by atoms with Gasteiger partial charge in [-0.2, -0.15) is 0 Å². The first-order valence-corrected chi connectivity index (χ1v) is 8.48. The summed E-state index contributed by atoms with van der Waals surface area (Å²) in [5, 5.41) is 3.30. The van der Waals surface area contributed by atoms with Crippen LogP contribution in [0.2, 0.25) is 0 Å². The Morgan fingerprint density at radius 2 is 1.71 bits per heavy atom. The third kappa shape index (κ3) is 4.26. The van der Waals surface area contributed by atoms with Gasteiger partial charge in [0.25, 0.3) is 0 Å². The Morgan fingerprint density at radius 3 is 2.24 bits per heavy atom. The summed E-state index contributed by atoms with van der Waals surface area (Å²) in [6.45, 7) is 5.52. The highest BCUT2D eigenvalue weighted by Crippen LogP contribution is 2.22. The molecule has 1 aromatic carbocycles. The lowest BCUT2D eigenvalue weighted by molar-refractivity contribution is 0.467. The molecule has 6 heteroatoms. The van der Waals surface area contributed by atoms with Crippen molar-refractivity contribution in [2.24, 2.45) is 0 Å². The minimum absolute atomic E-state index is 0.0388. The number of hydrogen-bond acceptors (Lipinski definition) is 4. The van der Waals surface area contributed by atoms with Crippen molar-refractivity contribution < 1.29 is 12.8 Å². The predicted octanol–water partition coefficient (Wildman–Crippen LogP) is 3.52. The van der Waals surface area contributed by atoms with Crippen molar-refractivity contribution in [2.75, 3.05) is 15.8 Å². The molecule has 1 aromatic heterocycles. The Morgan fingerprint density at radius 1 is 1.10 bits per heavy atom. The van der Waals surface area contributed by atoms with Crippen LogP contribution in [0.5, 0.6) is 0 Å². The zero-order valence-corrected chi connectivity index (χ0v) is 13.2. The summed E-state index contributed by atoms with van der Waals surface area (Å²) in [7, 11) is -3.23. The molecular formula is C15H20N2O3S. The maximum atomic E-state index is 11.5. The van der Waals surface area contributed by atoms with Crippen LogP contribution < -0.4 is 10.0 Å². The fourth-order valence-corrected chi connectivity index (χ4v) is 2.53. The van der Waals surface area contributed by atoms with Gasteiger partial charge in [-0.1, -0.05) is 0 Å².